The van der Waals surface area contributed by atoms with E-state index in [1.54, 1.807) is 12.5 Å². The molecule has 0 saturated heterocycles. The second-order valence-corrected chi connectivity index (χ2v) is 19.9. The molecule has 0 radical (unpaired) electrons. The Morgan fingerprint density at radius 1 is 0.628 bits per heavy atom. The highest BCUT2D eigenvalue weighted by atomic mass is 32.3. The minimum atomic E-state index is 0.207. The van der Waals surface area contributed by atoms with Crippen LogP contribution >= 0.6 is 106 Å². The van der Waals surface area contributed by atoms with E-state index in [0.29, 0.717) is 59.5 Å². The summed E-state index contributed by atoms with van der Waals surface area (Å²) in [5.74, 6) is 6.01. The Bertz CT molecular complexity index is 915. The lowest BCUT2D eigenvalue weighted by Gasteiger charge is -2.13. The van der Waals surface area contributed by atoms with E-state index in [1.807, 2.05) is 94.1 Å². The summed E-state index contributed by atoms with van der Waals surface area (Å²) in [5, 5.41) is 0.207. The Morgan fingerprint density at radius 2 is 1.16 bits per heavy atom. The molecule has 0 saturated carbocycles. The van der Waals surface area contributed by atoms with Crippen molar-refractivity contribution in [3.63, 3.8) is 0 Å². The molecule has 3 aliphatic rings. The van der Waals surface area contributed by atoms with Crippen molar-refractivity contribution < 1.29 is 28.5 Å². The SMILES string of the molecule is CSC1=C2SCCOCCOCCOCCOCCOCCS/C3=C(\SCCCSC(C)=O)SCC/C(=C(/S1)S2)CCS3. The minimum absolute atomic E-state index is 0.207. The van der Waals surface area contributed by atoms with E-state index in [9.17, 15) is 4.79 Å². The predicted octanol–water partition coefficient (Wildman–Crippen LogP) is 8.52. The van der Waals surface area contributed by atoms with Crippen LogP contribution in [0.1, 0.15) is 26.2 Å². The molecule has 4 bridgehead atoms. The first-order chi connectivity index (χ1) is 21.2. The van der Waals surface area contributed by atoms with Crippen LogP contribution in [0, 0.1) is 0 Å². The van der Waals surface area contributed by atoms with Crippen LogP contribution in [0.25, 0.3) is 0 Å². The van der Waals surface area contributed by atoms with Gasteiger partial charge in [0.15, 0.2) is 5.12 Å². The number of ether oxygens (including phenoxy) is 5. The Balaban J connectivity index is 1.60. The molecule has 6 nitrogen and oxygen atoms in total. The van der Waals surface area contributed by atoms with Gasteiger partial charge in [-0.25, -0.2) is 0 Å². The molecule has 0 spiro atoms. The van der Waals surface area contributed by atoms with Crippen LogP contribution in [0.2, 0.25) is 0 Å². The van der Waals surface area contributed by atoms with E-state index < -0.39 is 0 Å². The van der Waals surface area contributed by atoms with Crippen molar-refractivity contribution >= 4 is 111 Å². The van der Waals surface area contributed by atoms with Gasteiger partial charge in [0.05, 0.1) is 87.3 Å². The summed E-state index contributed by atoms with van der Waals surface area (Å²) in [5.41, 5.74) is 1.60. The van der Waals surface area contributed by atoms with Crippen LogP contribution in [0.3, 0.4) is 0 Å². The largest absolute Gasteiger partial charge is 0.378 e. The Hall–Kier alpha value is 1.84. The fourth-order valence-electron chi connectivity index (χ4n) is 3.62. The zero-order valence-corrected chi connectivity index (χ0v) is 32.4. The molecule has 15 heteroatoms. The van der Waals surface area contributed by atoms with E-state index in [1.165, 1.54) is 32.9 Å². The van der Waals surface area contributed by atoms with Crippen LogP contribution < -0.4 is 0 Å². The van der Waals surface area contributed by atoms with Crippen LogP contribution in [0.15, 0.2) is 26.8 Å². The maximum absolute atomic E-state index is 11.3. The summed E-state index contributed by atoms with van der Waals surface area (Å²) in [6.45, 7) is 7.72. The van der Waals surface area contributed by atoms with Crippen LogP contribution in [0.4, 0.5) is 0 Å². The van der Waals surface area contributed by atoms with Gasteiger partial charge in [-0.2, -0.15) is 0 Å². The van der Waals surface area contributed by atoms with E-state index in [0.717, 1.165) is 60.4 Å². The molecule has 0 aromatic carbocycles. The first kappa shape index (κ1) is 39.3. The van der Waals surface area contributed by atoms with E-state index in [4.69, 9.17) is 23.7 Å². The lowest BCUT2D eigenvalue weighted by atomic mass is 10.2. The number of allylic oxidation sites excluding steroid dienone is 1. The van der Waals surface area contributed by atoms with Gasteiger partial charge in [-0.05, 0) is 36.8 Å². The third kappa shape index (κ3) is 17.7. The summed E-state index contributed by atoms with van der Waals surface area (Å²) in [6.07, 6.45) is 5.48. The topological polar surface area (TPSA) is 63.2 Å². The van der Waals surface area contributed by atoms with Gasteiger partial charge in [0, 0.05) is 35.7 Å². The van der Waals surface area contributed by atoms with Crippen molar-refractivity contribution in [1.29, 1.82) is 0 Å². The molecule has 0 aliphatic carbocycles. The standard InChI is InChI=1S/C28H44O6S9/c1-22(29)36-16-3-17-37-26-27-39-19-5-23(4-18-38-26)24-42-25(35-2)28(43-24)41-21-15-34-13-11-32-9-7-30-6-8-31-10-12-33-14-20-40-27/h3-21H2,1-2H3/b24-23+,27-26+. The Morgan fingerprint density at radius 3 is 1.74 bits per heavy atom. The second-order valence-electron chi connectivity index (χ2n) is 8.95. The summed E-state index contributed by atoms with van der Waals surface area (Å²) in [6, 6.07) is 0. The molecule has 0 aromatic heterocycles. The van der Waals surface area contributed by atoms with E-state index in [-0.39, 0.29) is 5.12 Å². The monoisotopic (exact) mass is 764 g/mol. The highest BCUT2D eigenvalue weighted by Crippen LogP contribution is 2.58. The van der Waals surface area contributed by atoms with Gasteiger partial charge in [-0.3, -0.25) is 4.79 Å². The van der Waals surface area contributed by atoms with Gasteiger partial charge in [0.2, 0.25) is 0 Å². The summed E-state index contributed by atoms with van der Waals surface area (Å²) < 4.78 is 35.7. The summed E-state index contributed by atoms with van der Waals surface area (Å²) >= 11 is 17.1. The molecule has 0 amide bonds. The van der Waals surface area contributed by atoms with Crippen molar-refractivity contribution in [3.05, 3.63) is 26.8 Å². The molecule has 0 N–H and O–H groups in total. The van der Waals surface area contributed by atoms with Gasteiger partial charge in [0.25, 0.3) is 0 Å². The smallest absolute Gasteiger partial charge is 0.185 e. The zero-order valence-electron chi connectivity index (χ0n) is 25.1. The highest BCUT2D eigenvalue weighted by Gasteiger charge is 2.25. The number of rotatable bonds is 6. The lowest BCUT2D eigenvalue weighted by molar-refractivity contribution is -0.109. The number of carbonyl (C=O) groups is 1. The number of hydrogen-bond acceptors (Lipinski definition) is 15. The summed E-state index contributed by atoms with van der Waals surface area (Å²) in [4.78, 5) is 11.3. The molecule has 43 heavy (non-hydrogen) atoms. The van der Waals surface area contributed by atoms with Crippen LogP contribution in [0.5, 0.6) is 0 Å². The first-order valence-electron chi connectivity index (χ1n) is 14.4. The third-order valence-electron chi connectivity index (χ3n) is 5.69. The fourth-order valence-corrected chi connectivity index (χ4v) is 15.4. The van der Waals surface area contributed by atoms with Gasteiger partial charge in [-0.1, -0.05) is 35.3 Å². The van der Waals surface area contributed by atoms with E-state index in [2.05, 4.69) is 6.26 Å². The molecule has 0 atom stereocenters. The Labute approximate surface area is 296 Å². The number of carbonyl (C=O) groups excluding carboxylic acids is 1. The Kier molecular flexibility index (Phi) is 23.6. The number of fused-ring (bicyclic) bond motifs is 6. The van der Waals surface area contributed by atoms with E-state index >= 15 is 0 Å². The first-order valence-corrected chi connectivity index (χ1v) is 23.2. The van der Waals surface area contributed by atoms with Crippen molar-refractivity contribution in [3.8, 4) is 0 Å². The van der Waals surface area contributed by atoms with Crippen molar-refractivity contribution in [2.24, 2.45) is 0 Å². The quantitative estimate of drug-likeness (QED) is 0.243. The van der Waals surface area contributed by atoms with Gasteiger partial charge in [0.1, 0.15) is 0 Å². The van der Waals surface area contributed by atoms with Crippen LogP contribution in [-0.4, -0.2) is 112 Å². The molecular weight excluding hydrogens is 721 g/mol. The zero-order chi connectivity index (χ0) is 30.4. The highest BCUT2D eigenvalue weighted by molar-refractivity contribution is 8.40. The van der Waals surface area contributed by atoms with Crippen molar-refractivity contribution in [2.45, 2.75) is 26.2 Å². The number of hydrogen-bond donors (Lipinski definition) is 0. The third-order valence-corrected chi connectivity index (χ3v) is 17.6. The average Bonchev–Trinajstić information content (AvgIpc) is 3.44. The van der Waals surface area contributed by atoms with Crippen LogP contribution in [-0.2, 0) is 28.5 Å². The van der Waals surface area contributed by atoms with Gasteiger partial charge < -0.3 is 23.7 Å². The predicted molar refractivity (Wildman–Crippen MR) is 203 cm³/mol. The second kappa shape index (κ2) is 25.8. The molecular formula is C28H44O6S9. The van der Waals surface area contributed by atoms with Gasteiger partial charge in [-0.15, -0.1) is 70.6 Å². The van der Waals surface area contributed by atoms with Gasteiger partial charge >= 0.3 is 0 Å². The molecule has 246 valence electrons. The number of thioether (sulfide) groups is 9. The maximum atomic E-state index is 11.3. The molecule has 0 fully saturated rings. The molecule has 0 aromatic rings. The molecule has 0 unspecified atom stereocenters. The van der Waals surface area contributed by atoms with Crippen molar-refractivity contribution in [1.82, 2.24) is 0 Å². The molecule has 3 aliphatic heterocycles. The lowest BCUT2D eigenvalue weighted by Crippen LogP contribution is -2.13. The fraction of sp³-hybridized carbons (Fsp3) is 0.750. The maximum Gasteiger partial charge on any atom is 0.185 e. The molecule has 3 heterocycles. The summed E-state index contributed by atoms with van der Waals surface area (Å²) in [7, 11) is 0. The minimum Gasteiger partial charge on any atom is -0.378 e. The van der Waals surface area contributed by atoms with Crippen molar-refractivity contribution in [2.75, 3.05) is 107 Å². The normalized spacial score (nSPS) is 25.7. The molecule has 3 rings (SSSR count). The average molecular weight is 765 g/mol.